The lowest BCUT2D eigenvalue weighted by Gasteiger charge is -2.14. The van der Waals surface area contributed by atoms with E-state index >= 15 is 0 Å². The van der Waals surface area contributed by atoms with E-state index in [4.69, 9.17) is 19.3 Å². The molecule has 0 radical (unpaired) electrons. The number of carbonyl (C=O) groups is 1. The SMILES string of the molecule is COc1cc(OC)c(OC)cc1CNCCCC(=O)O. The van der Waals surface area contributed by atoms with Crippen molar-refractivity contribution >= 4 is 5.97 Å². The van der Waals surface area contributed by atoms with Gasteiger partial charge >= 0.3 is 5.97 Å². The van der Waals surface area contributed by atoms with E-state index in [0.29, 0.717) is 36.8 Å². The molecule has 0 bridgehead atoms. The second kappa shape index (κ2) is 8.27. The zero-order valence-electron chi connectivity index (χ0n) is 12.1. The first-order valence-corrected chi connectivity index (χ1v) is 6.33. The average Bonchev–Trinajstić information content (AvgIpc) is 2.45. The molecular formula is C14H21NO5. The normalized spacial score (nSPS) is 10.2. The van der Waals surface area contributed by atoms with Crippen molar-refractivity contribution in [2.45, 2.75) is 19.4 Å². The standard InChI is InChI=1S/C14H21NO5/c1-18-11-8-13(20-3)12(19-2)7-10(11)9-15-6-4-5-14(16)17/h7-8,15H,4-6,9H2,1-3H3,(H,16,17). The van der Waals surface area contributed by atoms with Gasteiger partial charge in [-0.1, -0.05) is 0 Å². The van der Waals surface area contributed by atoms with E-state index < -0.39 is 5.97 Å². The van der Waals surface area contributed by atoms with E-state index in [1.54, 1.807) is 27.4 Å². The number of hydrogen-bond acceptors (Lipinski definition) is 5. The molecule has 0 aliphatic heterocycles. The Balaban J connectivity index is 2.66. The Hall–Kier alpha value is -1.95. The van der Waals surface area contributed by atoms with Crippen LogP contribution in [-0.2, 0) is 11.3 Å². The highest BCUT2D eigenvalue weighted by atomic mass is 16.5. The van der Waals surface area contributed by atoms with Crippen LogP contribution in [-0.4, -0.2) is 38.9 Å². The first-order valence-electron chi connectivity index (χ1n) is 6.33. The third-order valence-corrected chi connectivity index (χ3v) is 2.85. The molecule has 0 unspecified atom stereocenters. The maximum Gasteiger partial charge on any atom is 0.303 e. The molecule has 1 rings (SSSR count). The molecule has 0 spiro atoms. The van der Waals surface area contributed by atoms with Gasteiger partial charge in [-0.25, -0.2) is 0 Å². The zero-order chi connectivity index (χ0) is 15.0. The van der Waals surface area contributed by atoms with Crippen LogP contribution in [0.5, 0.6) is 17.2 Å². The third-order valence-electron chi connectivity index (χ3n) is 2.85. The number of aliphatic carboxylic acids is 1. The van der Waals surface area contributed by atoms with Gasteiger partial charge in [0.1, 0.15) is 5.75 Å². The van der Waals surface area contributed by atoms with Gasteiger partial charge in [0.15, 0.2) is 11.5 Å². The lowest BCUT2D eigenvalue weighted by Crippen LogP contribution is -2.16. The number of rotatable bonds is 9. The molecule has 1 aromatic carbocycles. The topological polar surface area (TPSA) is 77.0 Å². The predicted octanol–water partition coefficient (Wildman–Crippen LogP) is 1.67. The summed E-state index contributed by atoms with van der Waals surface area (Å²) in [7, 11) is 4.74. The summed E-state index contributed by atoms with van der Waals surface area (Å²) in [4.78, 5) is 10.4. The number of carboxylic acid groups (broad SMARTS) is 1. The highest BCUT2D eigenvalue weighted by Crippen LogP contribution is 2.34. The number of carboxylic acids is 1. The predicted molar refractivity (Wildman–Crippen MR) is 74.7 cm³/mol. The Morgan fingerprint density at radius 2 is 1.70 bits per heavy atom. The van der Waals surface area contributed by atoms with Crippen LogP contribution in [0.1, 0.15) is 18.4 Å². The first kappa shape index (κ1) is 16.1. The molecule has 0 aliphatic rings. The molecule has 1 aromatic rings. The van der Waals surface area contributed by atoms with Gasteiger partial charge in [0, 0.05) is 24.6 Å². The first-order chi connectivity index (χ1) is 9.62. The lowest BCUT2D eigenvalue weighted by molar-refractivity contribution is -0.137. The van der Waals surface area contributed by atoms with Crippen molar-refractivity contribution in [3.05, 3.63) is 17.7 Å². The minimum Gasteiger partial charge on any atom is -0.496 e. The van der Waals surface area contributed by atoms with Crippen LogP contribution in [0.25, 0.3) is 0 Å². The number of ether oxygens (including phenoxy) is 3. The Morgan fingerprint density at radius 3 is 2.25 bits per heavy atom. The summed E-state index contributed by atoms with van der Waals surface area (Å²) in [5, 5.41) is 11.7. The zero-order valence-corrected chi connectivity index (χ0v) is 12.1. The van der Waals surface area contributed by atoms with Crippen LogP contribution in [0.3, 0.4) is 0 Å². The molecule has 0 aliphatic carbocycles. The fraction of sp³-hybridized carbons (Fsp3) is 0.500. The van der Waals surface area contributed by atoms with Crippen LogP contribution in [0.2, 0.25) is 0 Å². The van der Waals surface area contributed by atoms with Crippen molar-refractivity contribution in [1.82, 2.24) is 5.32 Å². The molecule has 0 heterocycles. The molecule has 6 heteroatoms. The Kier molecular flexibility index (Phi) is 6.66. The summed E-state index contributed by atoms with van der Waals surface area (Å²) < 4.78 is 15.8. The van der Waals surface area contributed by atoms with Crippen molar-refractivity contribution in [2.75, 3.05) is 27.9 Å². The fourth-order valence-electron chi connectivity index (χ4n) is 1.82. The van der Waals surface area contributed by atoms with Crippen LogP contribution in [0, 0.1) is 0 Å². The summed E-state index contributed by atoms with van der Waals surface area (Å²) in [6.07, 6.45) is 0.751. The maximum absolute atomic E-state index is 10.4. The van der Waals surface area contributed by atoms with E-state index in [1.807, 2.05) is 6.07 Å². The lowest BCUT2D eigenvalue weighted by atomic mass is 10.1. The van der Waals surface area contributed by atoms with Gasteiger partial charge in [0.05, 0.1) is 21.3 Å². The number of methoxy groups -OCH3 is 3. The van der Waals surface area contributed by atoms with Gasteiger partial charge in [-0.05, 0) is 19.0 Å². The molecule has 0 amide bonds. The van der Waals surface area contributed by atoms with Gasteiger partial charge in [0.2, 0.25) is 0 Å². The van der Waals surface area contributed by atoms with E-state index in [0.717, 1.165) is 5.56 Å². The fourth-order valence-corrected chi connectivity index (χ4v) is 1.82. The average molecular weight is 283 g/mol. The molecule has 20 heavy (non-hydrogen) atoms. The highest BCUT2D eigenvalue weighted by molar-refractivity contribution is 5.66. The molecule has 2 N–H and O–H groups in total. The van der Waals surface area contributed by atoms with Crippen molar-refractivity contribution in [3.63, 3.8) is 0 Å². The quantitative estimate of drug-likeness (QED) is 0.671. The number of nitrogens with one attached hydrogen (secondary N) is 1. The van der Waals surface area contributed by atoms with E-state index in [-0.39, 0.29) is 6.42 Å². The smallest absolute Gasteiger partial charge is 0.303 e. The summed E-state index contributed by atoms with van der Waals surface area (Å²) in [5.74, 6) is 1.17. The molecule has 0 atom stereocenters. The summed E-state index contributed by atoms with van der Waals surface area (Å²) in [6.45, 7) is 1.20. The molecule has 0 saturated heterocycles. The van der Waals surface area contributed by atoms with E-state index in [1.165, 1.54) is 0 Å². The molecule has 112 valence electrons. The van der Waals surface area contributed by atoms with Crippen LogP contribution in [0.4, 0.5) is 0 Å². The Labute approximate surface area is 118 Å². The second-order valence-electron chi connectivity index (χ2n) is 4.19. The second-order valence-corrected chi connectivity index (χ2v) is 4.19. The van der Waals surface area contributed by atoms with Crippen LogP contribution < -0.4 is 19.5 Å². The van der Waals surface area contributed by atoms with Gasteiger partial charge in [-0.3, -0.25) is 4.79 Å². The molecule has 0 aromatic heterocycles. The minimum absolute atomic E-state index is 0.163. The van der Waals surface area contributed by atoms with Crippen LogP contribution in [0.15, 0.2) is 12.1 Å². The van der Waals surface area contributed by atoms with Gasteiger partial charge < -0.3 is 24.6 Å². The number of hydrogen-bond donors (Lipinski definition) is 2. The monoisotopic (exact) mass is 283 g/mol. The van der Waals surface area contributed by atoms with Gasteiger partial charge in [0.25, 0.3) is 0 Å². The highest BCUT2D eigenvalue weighted by Gasteiger charge is 2.11. The van der Waals surface area contributed by atoms with E-state index in [9.17, 15) is 4.79 Å². The van der Waals surface area contributed by atoms with Crippen molar-refractivity contribution in [1.29, 1.82) is 0 Å². The maximum atomic E-state index is 10.4. The van der Waals surface area contributed by atoms with Crippen LogP contribution >= 0.6 is 0 Å². The Morgan fingerprint density at radius 1 is 1.10 bits per heavy atom. The summed E-state index contributed by atoms with van der Waals surface area (Å²) in [6, 6.07) is 3.62. The molecule has 0 saturated carbocycles. The van der Waals surface area contributed by atoms with Crippen molar-refractivity contribution < 1.29 is 24.1 Å². The Bertz CT molecular complexity index is 447. The van der Waals surface area contributed by atoms with Gasteiger partial charge in [-0.15, -0.1) is 0 Å². The van der Waals surface area contributed by atoms with Crippen molar-refractivity contribution in [3.8, 4) is 17.2 Å². The molecule has 6 nitrogen and oxygen atoms in total. The molecule has 0 fully saturated rings. The summed E-state index contributed by atoms with van der Waals surface area (Å²) in [5.41, 5.74) is 0.931. The molecular weight excluding hydrogens is 262 g/mol. The van der Waals surface area contributed by atoms with E-state index in [2.05, 4.69) is 5.32 Å². The minimum atomic E-state index is -0.782. The largest absolute Gasteiger partial charge is 0.496 e. The number of benzene rings is 1. The van der Waals surface area contributed by atoms with Gasteiger partial charge in [-0.2, -0.15) is 0 Å². The summed E-state index contributed by atoms with van der Waals surface area (Å²) >= 11 is 0. The van der Waals surface area contributed by atoms with Crippen molar-refractivity contribution in [2.24, 2.45) is 0 Å². The third kappa shape index (κ3) is 4.62.